The van der Waals surface area contributed by atoms with E-state index in [0.717, 1.165) is 4.90 Å². The zero-order chi connectivity index (χ0) is 14.0. The van der Waals surface area contributed by atoms with Gasteiger partial charge in [0.2, 0.25) is 5.91 Å². The Labute approximate surface area is 110 Å². The minimum absolute atomic E-state index is 0.200. The van der Waals surface area contributed by atoms with Crippen molar-refractivity contribution in [1.82, 2.24) is 9.88 Å². The molecule has 1 aromatic rings. The van der Waals surface area contributed by atoms with Crippen molar-refractivity contribution in [3.63, 3.8) is 0 Å². The maximum atomic E-state index is 11.9. The number of aromatic nitrogens is 1. The molecule has 19 heavy (non-hydrogen) atoms. The van der Waals surface area contributed by atoms with Crippen LogP contribution in [-0.2, 0) is 9.59 Å². The van der Waals surface area contributed by atoms with Crippen LogP contribution in [-0.4, -0.2) is 34.8 Å². The Morgan fingerprint density at radius 3 is 3.00 bits per heavy atom. The summed E-state index contributed by atoms with van der Waals surface area (Å²) in [7, 11) is 1.44. The molecule has 0 aliphatic carbocycles. The molecule has 0 bridgehead atoms. The molecule has 0 aromatic carbocycles. The average molecular weight is 259 g/mol. The van der Waals surface area contributed by atoms with E-state index in [1.54, 1.807) is 0 Å². The number of nitriles is 1. The Balaban J connectivity index is 2.20. The van der Waals surface area contributed by atoms with E-state index in [-0.39, 0.29) is 23.8 Å². The quantitative estimate of drug-likeness (QED) is 0.728. The fraction of sp³-hybridized carbons (Fsp3) is 0.333. The third-order valence-corrected chi connectivity index (χ3v) is 2.99. The molecule has 2 amide bonds. The van der Waals surface area contributed by atoms with Gasteiger partial charge in [0.25, 0.3) is 5.91 Å². The Hall–Kier alpha value is -2.62. The predicted molar refractivity (Wildman–Crippen MR) is 67.8 cm³/mol. The summed E-state index contributed by atoms with van der Waals surface area (Å²) in [6.07, 6.45) is 2.08. The van der Waals surface area contributed by atoms with Gasteiger partial charge in [-0.05, 0) is 12.5 Å². The second-order valence-electron chi connectivity index (χ2n) is 4.30. The molecule has 1 unspecified atom stereocenters. The van der Waals surface area contributed by atoms with Crippen LogP contribution in [0.4, 0.5) is 11.5 Å². The van der Waals surface area contributed by atoms with Crippen LogP contribution in [0.5, 0.6) is 0 Å². The number of likely N-dealkylation sites (N-methyl/N-ethyl adjacent to an activating group) is 1. The van der Waals surface area contributed by atoms with E-state index in [2.05, 4.69) is 10.3 Å². The number of piperidine rings is 1. The van der Waals surface area contributed by atoms with Crippen molar-refractivity contribution in [2.75, 3.05) is 18.1 Å². The number of nitrogen functional groups attached to an aromatic ring is 1. The second kappa shape index (κ2) is 4.94. The van der Waals surface area contributed by atoms with Crippen molar-refractivity contribution in [3.05, 3.63) is 17.8 Å². The topological polar surface area (TPSA) is 112 Å². The normalized spacial score (nSPS) is 19.2. The molecular formula is C12H13N5O2. The van der Waals surface area contributed by atoms with Gasteiger partial charge in [-0.1, -0.05) is 0 Å². The van der Waals surface area contributed by atoms with Crippen LogP contribution >= 0.6 is 0 Å². The first-order chi connectivity index (χ1) is 9.02. The zero-order valence-corrected chi connectivity index (χ0v) is 10.4. The smallest absolute Gasteiger partial charge is 0.251 e. The highest BCUT2D eigenvalue weighted by Gasteiger charge is 2.32. The van der Waals surface area contributed by atoms with E-state index in [4.69, 9.17) is 11.0 Å². The van der Waals surface area contributed by atoms with Gasteiger partial charge in [0, 0.05) is 13.5 Å². The van der Waals surface area contributed by atoms with Crippen molar-refractivity contribution in [3.8, 4) is 6.07 Å². The Bertz CT molecular complexity index is 578. The monoisotopic (exact) mass is 259 g/mol. The number of likely N-dealkylation sites (tertiary alicyclic amines) is 1. The summed E-state index contributed by atoms with van der Waals surface area (Å²) < 4.78 is 0. The highest BCUT2D eigenvalue weighted by atomic mass is 16.2. The van der Waals surface area contributed by atoms with Crippen LogP contribution in [0.1, 0.15) is 18.4 Å². The lowest BCUT2D eigenvalue weighted by molar-refractivity contribution is -0.146. The third kappa shape index (κ3) is 2.47. The molecule has 3 N–H and O–H groups in total. The van der Waals surface area contributed by atoms with Gasteiger partial charge in [-0.25, -0.2) is 4.98 Å². The van der Waals surface area contributed by atoms with Crippen molar-refractivity contribution in [2.24, 2.45) is 0 Å². The number of carbonyl (C=O) groups is 2. The maximum absolute atomic E-state index is 11.9. The molecule has 1 atom stereocenters. The van der Waals surface area contributed by atoms with Crippen molar-refractivity contribution < 1.29 is 9.59 Å². The molecule has 0 spiro atoms. The average Bonchev–Trinajstić information content (AvgIpc) is 2.41. The van der Waals surface area contributed by atoms with Crippen LogP contribution in [0.3, 0.4) is 0 Å². The molecule has 2 rings (SSSR count). The number of amides is 2. The first-order valence-electron chi connectivity index (χ1n) is 5.75. The molecule has 7 nitrogen and oxygen atoms in total. The molecule has 1 saturated heterocycles. The fourth-order valence-electron chi connectivity index (χ4n) is 1.90. The highest BCUT2D eigenvalue weighted by molar-refractivity contribution is 6.01. The van der Waals surface area contributed by atoms with Gasteiger partial charge in [-0.3, -0.25) is 14.5 Å². The van der Waals surface area contributed by atoms with E-state index >= 15 is 0 Å². The zero-order valence-electron chi connectivity index (χ0n) is 10.4. The van der Waals surface area contributed by atoms with Crippen LogP contribution in [0.2, 0.25) is 0 Å². The van der Waals surface area contributed by atoms with Crippen LogP contribution < -0.4 is 11.1 Å². The van der Waals surface area contributed by atoms with Gasteiger partial charge in [0.05, 0.1) is 17.4 Å². The standard InChI is InChI=1S/C12H13N5O2/c1-17-10(18)3-2-9(12(17)19)16-11-7(5-13)4-8(14)6-15-11/h4,6,9H,2-3,14H2,1H3,(H,15,16). The fourth-order valence-corrected chi connectivity index (χ4v) is 1.90. The van der Waals surface area contributed by atoms with Crippen molar-refractivity contribution in [2.45, 2.75) is 18.9 Å². The number of imide groups is 1. The number of hydrogen-bond donors (Lipinski definition) is 2. The Morgan fingerprint density at radius 2 is 2.32 bits per heavy atom. The van der Waals surface area contributed by atoms with Gasteiger partial charge in [-0.15, -0.1) is 0 Å². The molecule has 1 aliphatic heterocycles. The number of anilines is 2. The van der Waals surface area contributed by atoms with Gasteiger partial charge in [0.1, 0.15) is 17.9 Å². The lowest BCUT2D eigenvalue weighted by Gasteiger charge is -2.28. The Kier molecular flexibility index (Phi) is 3.33. The summed E-state index contributed by atoms with van der Waals surface area (Å²) in [4.78, 5) is 28.4. The second-order valence-corrected chi connectivity index (χ2v) is 4.30. The predicted octanol–water partition coefficient (Wildman–Crippen LogP) is 0.0948. The largest absolute Gasteiger partial charge is 0.397 e. The Morgan fingerprint density at radius 1 is 1.58 bits per heavy atom. The van der Waals surface area contributed by atoms with Gasteiger partial charge >= 0.3 is 0 Å². The van der Waals surface area contributed by atoms with E-state index in [1.165, 1.54) is 19.3 Å². The van der Waals surface area contributed by atoms with Crippen molar-refractivity contribution in [1.29, 1.82) is 5.26 Å². The summed E-state index contributed by atoms with van der Waals surface area (Å²) in [6, 6.07) is 2.90. The van der Waals surface area contributed by atoms with Crippen molar-refractivity contribution >= 4 is 23.3 Å². The van der Waals surface area contributed by atoms with Gasteiger partial charge < -0.3 is 11.1 Å². The van der Waals surface area contributed by atoms with E-state index < -0.39 is 6.04 Å². The first kappa shape index (κ1) is 12.8. The van der Waals surface area contributed by atoms with E-state index in [0.29, 0.717) is 17.9 Å². The maximum Gasteiger partial charge on any atom is 0.251 e. The number of nitrogens with one attached hydrogen (secondary N) is 1. The highest BCUT2D eigenvalue weighted by Crippen LogP contribution is 2.19. The third-order valence-electron chi connectivity index (χ3n) is 2.99. The summed E-state index contributed by atoms with van der Waals surface area (Å²) in [6.45, 7) is 0. The molecule has 2 heterocycles. The summed E-state index contributed by atoms with van der Waals surface area (Å²) >= 11 is 0. The molecule has 0 saturated carbocycles. The number of carbonyl (C=O) groups excluding carboxylic acids is 2. The molecule has 1 aromatic heterocycles. The number of hydrogen-bond acceptors (Lipinski definition) is 6. The number of pyridine rings is 1. The minimum Gasteiger partial charge on any atom is -0.397 e. The molecular weight excluding hydrogens is 246 g/mol. The molecule has 98 valence electrons. The molecule has 0 radical (unpaired) electrons. The van der Waals surface area contributed by atoms with Gasteiger partial charge in [0.15, 0.2) is 0 Å². The van der Waals surface area contributed by atoms with Crippen LogP contribution in [0.25, 0.3) is 0 Å². The lowest BCUT2D eigenvalue weighted by atomic mass is 10.0. The molecule has 1 fully saturated rings. The van der Waals surface area contributed by atoms with Crippen LogP contribution in [0, 0.1) is 11.3 Å². The minimum atomic E-state index is -0.550. The lowest BCUT2D eigenvalue weighted by Crippen LogP contribution is -2.48. The summed E-state index contributed by atoms with van der Waals surface area (Å²) in [5.74, 6) is -0.217. The number of nitrogens with two attached hydrogens (primary N) is 1. The van der Waals surface area contributed by atoms with E-state index in [1.807, 2.05) is 6.07 Å². The summed E-state index contributed by atoms with van der Waals surface area (Å²) in [5.41, 5.74) is 6.19. The first-order valence-corrected chi connectivity index (χ1v) is 5.75. The molecule has 1 aliphatic rings. The number of rotatable bonds is 2. The van der Waals surface area contributed by atoms with Crippen LogP contribution in [0.15, 0.2) is 12.3 Å². The van der Waals surface area contributed by atoms with Gasteiger partial charge in [-0.2, -0.15) is 5.26 Å². The SMILES string of the molecule is CN1C(=O)CCC(Nc2ncc(N)cc2C#N)C1=O. The molecule has 7 heteroatoms. The summed E-state index contributed by atoms with van der Waals surface area (Å²) in [5, 5.41) is 11.9. The van der Waals surface area contributed by atoms with E-state index in [9.17, 15) is 9.59 Å². The number of nitrogens with zero attached hydrogens (tertiary/aromatic N) is 3.